The van der Waals surface area contributed by atoms with E-state index in [-0.39, 0.29) is 12.1 Å². The first-order valence-corrected chi connectivity index (χ1v) is 5.94. The SMILES string of the molecule is COC1CCC(NC(=O)N(CC(=O)O)CC(=O)O)C1. The Morgan fingerprint density at radius 3 is 2.21 bits per heavy atom. The zero-order valence-electron chi connectivity index (χ0n) is 10.7. The van der Waals surface area contributed by atoms with E-state index in [9.17, 15) is 14.4 Å². The molecule has 0 aromatic heterocycles. The van der Waals surface area contributed by atoms with Crippen LogP contribution in [0.4, 0.5) is 4.79 Å². The average molecular weight is 274 g/mol. The monoisotopic (exact) mass is 274 g/mol. The van der Waals surface area contributed by atoms with E-state index in [1.54, 1.807) is 7.11 Å². The quantitative estimate of drug-likeness (QED) is 0.614. The number of methoxy groups -OCH3 is 1. The van der Waals surface area contributed by atoms with E-state index in [2.05, 4.69) is 5.32 Å². The van der Waals surface area contributed by atoms with E-state index in [0.717, 1.165) is 17.7 Å². The van der Waals surface area contributed by atoms with Crippen LogP contribution in [0.25, 0.3) is 0 Å². The number of ether oxygens (including phenoxy) is 1. The van der Waals surface area contributed by atoms with E-state index in [4.69, 9.17) is 14.9 Å². The zero-order valence-corrected chi connectivity index (χ0v) is 10.7. The van der Waals surface area contributed by atoms with Crippen LogP contribution in [0, 0.1) is 0 Å². The van der Waals surface area contributed by atoms with Crippen molar-refractivity contribution in [2.75, 3.05) is 20.2 Å². The molecule has 2 unspecified atom stereocenters. The highest BCUT2D eigenvalue weighted by Gasteiger charge is 2.28. The summed E-state index contributed by atoms with van der Waals surface area (Å²) in [5.74, 6) is -2.50. The molecule has 0 spiro atoms. The zero-order chi connectivity index (χ0) is 14.4. The lowest BCUT2D eigenvalue weighted by Crippen LogP contribution is -2.48. The maximum absolute atomic E-state index is 11.8. The molecule has 2 amide bonds. The number of rotatable bonds is 6. The Hall–Kier alpha value is -1.83. The predicted octanol–water partition coefficient (Wildman–Crippen LogP) is -0.265. The van der Waals surface area contributed by atoms with E-state index in [1.807, 2.05) is 0 Å². The van der Waals surface area contributed by atoms with Gasteiger partial charge in [-0.05, 0) is 19.3 Å². The van der Waals surface area contributed by atoms with Gasteiger partial charge in [0, 0.05) is 13.2 Å². The molecule has 3 N–H and O–H groups in total. The summed E-state index contributed by atoms with van der Waals surface area (Å²) < 4.78 is 5.16. The smallest absolute Gasteiger partial charge is 0.323 e. The van der Waals surface area contributed by atoms with Crippen molar-refractivity contribution in [3.8, 4) is 0 Å². The van der Waals surface area contributed by atoms with Gasteiger partial charge in [-0.3, -0.25) is 9.59 Å². The van der Waals surface area contributed by atoms with Gasteiger partial charge in [0.05, 0.1) is 6.10 Å². The molecule has 1 aliphatic rings. The molecule has 0 saturated heterocycles. The maximum Gasteiger partial charge on any atom is 0.323 e. The van der Waals surface area contributed by atoms with Crippen LogP contribution >= 0.6 is 0 Å². The van der Waals surface area contributed by atoms with Gasteiger partial charge in [0.1, 0.15) is 13.1 Å². The van der Waals surface area contributed by atoms with Crippen molar-refractivity contribution in [1.82, 2.24) is 10.2 Å². The van der Waals surface area contributed by atoms with Crippen LogP contribution < -0.4 is 5.32 Å². The molecule has 2 atom stereocenters. The number of amides is 2. The molecule has 108 valence electrons. The molecule has 0 aliphatic heterocycles. The summed E-state index contributed by atoms with van der Waals surface area (Å²) in [6.07, 6.45) is 2.28. The van der Waals surface area contributed by atoms with Crippen LogP contribution in [0.3, 0.4) is 0 Å². The number of carbonyl (C=O) groups excluding carboxylic acids is 1. The second-order valence-electron chi connectivity index (χ2n) is 4.46. The van der Waals surface area contributed by atoms with Crippen molar-refractivity contribution in [3.63, 3.8) is 0 Å². The summed E-state index contributed by atoms with van der Waals surface area (Å²) in [5, 5.41) is 19.9. The van der Waals surface area contributed by atoms with Crippen molar-refractivity contribution in [2.45, 2.75) is 31.4 Å². The minimum Gasteiger partial charge on any atom is -0.480 e. The van der Waals surface area contributed by atoms with Gasteiger partial charge in [-0.15, -0.1) is 0 Å². The minimum absolute atomic E-state index is 0.0812. The second-order valence-corrected chi connectivity index (χ2v) is 4.46. The Morgan fingerprint density at radius 2 is 1.79 bits per heavy atom. The summed E-state index contributed by atoms with van der Waals surface area (Å²) >= 11 is 0. The van der Waals surface area contributed by atoms with Crippen molar-refractivity contribution >= 4 is 18.0 Å². The third kappa shape index (κ3) is 5.12. The number of aliphatic carboxylic acids is 2. The van der Waals surface area contributed by atoms with Gasteiger partial charge in [0.2, 0.25) is 0 Å². The fourth-order valence-electron chi connectivity index (χ4n) is 2.08. The maximum atomic E-state index is 11.8. The van der Waals surface area contributed by atoms with Crippen LogP contribution in [-0.4, -0.2) is 65.4 Å². The minimum atomic E-state index is -1.25. The molecule has 0 aromatic carbocycles. The molecule has 0 aromatic rings. The molecule has 8 nitrogen and oxygen atoms in total. The number of nitrogens with zero attached hydrogens (tertiary/aromatic N) is 1. The van der Waals surface area contributed by atoms with E-state index in [1.165, 1.54) is 0 Å². The summed E-state index contributed by atoms with van der Waals surface area (Å²) in [4.78, 5) is 33.8. The molecule has 1 fully saturated rings. The molecule has 1 saturated carbocycles. The number of carboxylic acid groups (broad SMARTS) is 2. The van der Waals surface area contributed by atoms with Gasteiger partial charge in [0.25, 0.3) is 0 Å². The number of carboxylic acids is 2. The number of hydrogen-bond donors (Lipinski definition) is 3. The first-order chi connectivity index (χ1) is 8.92. The topological polar surface area (TPSA) is 116 Å². The van der Waals surface area contributed by atoms with Crippen LogP contribution in [0.1, 0.15) is 19.3 Å². The third-order valence-corrected chi connectivity index (χ3v) is 2.98. The van der Waals surface area contributed by atoms with Crippen LogP contribution in [0.5, 0.6) is 0 Å². The lowest BCUT2D eigenvalue weighted by atomic mass is 10.2. The Kier molecular flexibility index (Phi) is 5.56. The Labute approximate surface area is 110 Å². The number of urea groups is 1. The first kappa shape index (κ1) is 15.2. The highest BCUT2D eigenvalue weighted by Crippen LogP contribution is 2.21. The Bertz CT molecular complexity index is 343. The number of nitrogens with one attached hydrogen (secondary N) is 1. The van der Waals surface area contributed by atoms with Gasteiger partial charge < -0.3 is 25.2 Å². The van der Waals surface area contributed by atoms with Crippen molar-refractivity contribution in [3.05, 3.63) is 0 Å². The van der Waals surface area contributed by atoms with Crippen molar-refractivity contribution in [1.29, 1.82) is 0 Å². The van der Waals surface area contributed by atoms with E-state index >= 15 is 0 Å². The third-order valence-electron chi connectivity index (χ3n) is 2.98. The largest absolute Gasteiger partial charge is 0.480 e. The average Bonchev–Trinajstić information content (AvgIpc) is 2.74. The number of hydrogen-bond acceptors (Lipinski definition) is 4. The fourth-order valence-corrected chi connectivity index (χ4v) is 2.08. The number of carbonyl (C=O) groups is 3. The van der Waals surface area contributed by atoms with Crippen molar-refractivity contribution in [2.24, 2.45) is 0 Å². The van der Waals surface area contributed by atoms with E-state index in [0.29, 0.717) is 6.42 Å². The van der Waals surface area contributed by atoms with E-state index < -0.39 is 31.1 Å². The Balaban J connectivity index is 2.51. The lowest BCUT2D eigenvalue weighted by Gasteiger charge is -2.22. The molecular weight excluding hydrogens is 256 g/mol. The van der Waals surface area contributed by atoms with Gasteiger partial charge in [-0.1, -0.05) is 0 Å². The molecule has 0 heterocycles. The van der Waals surface area contributed by atoms with Gasteiger partial charge in [-0.2, -0.15) is 0 Å². The molecular formula is C11H18N2O6. The van der Waals surface area contributed by atoms with Crippen LogP contribution in [-0.2, 0) is 14.3 Å². The molecule has 0 bridgehead atoms. The molecule has 1 aliphatic carbocycles. The highest BCUT2D eigenvalue weighted by molar-refractivity contribution is 5.84. The van der Waals surface area contributed by atoms with Gasteiger partial charge in [0.15, 0.2) is 0 Å². The summed E-state index contributed by atoms with van der Waals surface area (Å²) in [5.41, 5.74) is 0. The van der Waals surface area contributed by atoms with Gasteiger partial charge >= 0.3 is 18.0 Å². The molecule has 8 heteroatoms. The fraction of sp³-hybridized carbons (Fsp3) is 0.727. The lowest BCUT2D eigenvalue weighted by molar-refractivity contribution is -0.140. The van der Waals surface area contributed by atoms with Gasteiger partial charge in [-0.25, -0.2) is 4.79 Å². The highest BCUT2D eigenvalue weighted by atomic mass is 16.5. The molecule has 19 heavy (non-hydrogen) atoms. The van der Waals surface area contributed by atoms with Crippen LogP contribution in [0.15, 0.2) is 0 Å². The summed E-state index contributed by atoms with van der Waals surface area (Å²) in [6, 6.07) is -0.783. The molecule has 0 radical (unpaired) electrons. The normalized spacial score (nSPS) is 21.9. The summed E-state index contributed by atoms with van der Waals surface area (Å²) in [7, 11) is 1.59. The van der Waals surface area contributed by atoms with Crippen LogP contribution in [0.2, 0.25) is 0 Å². The molecule has 1 rings (SSSR count). The summed E-state index contributed by atoms with van der Waals surface area (Å²) in [6.45, 7) is -1.28. The standard InChI is InChI=1S/C11H18N2O6/c1-19-8-3-2-7(4-8)12-11(18)13(5-9(14)15)6-10(16)17/h7-8H,2-6H2,1H3,(H,12,18)(H,14,15)(H,16,17). The Morgan fingerprint density at radius 1 is 1.21 bits per heavy atom. The predicted molar refractivity (Wildman–Crippen MR) is 63.8 cm³/mol. The first-order valence-electron chi connectivity index (χ1n) is 5.94. The van der Waals surface area contributed by atoms with Crippen molar-refractivity contribution < 1.29 is 29.3 Å². The second kappa shape index (κ2) is 6.93.